The Hall–Kier alpha value is -2.97. The van der Waals surface area contributed by atoms with Crippen LogP contribution in [0.3, 0.4) is 0 Å². The molecule has 0 atom stereocenters. The SMILES string of the molecule is Cc1ccc(S(=O)(=O)N2CCN(c3nc4cc(C)nn4c4ccccc34)CC2)cc1. The summed E-state index contributed by atoms with van der Waals surface area (Å²) in [4.78, 5) is 7.38. The highest BCUT2D eigenvalue weighted by molar-refractivity contribution is 7.89. The molecule has 1 fully saturated rings. The van der Waals surface area contributed by atoms with Crippen molar-refractivity contribution >= 4 is 32.4 Å². The van der Waals surface area contributed by atoms with Crippen LogP contribution >= 0.6 is 0 Å². The Morgan fingerprint density at radius 2 is 1.60 bits per heavy atom. The lowest BCUT2D eigenvalue weighted by atomic mass is 10.2. The molecule has 7 nitrogen and oxygen atoms in total. The highest BCUT2D eigenvalue weighted by atomic mass is 32.2. The van der Waals surface area contributed by atoms with Gasteiger partial charge in [-0.3, -0.25) is 0 Å². The molecule has 5 rings (SSSR count). The van der Waals surface area contributed by atoms with Crippen molar-refractivity contribution < 1.29 is 8.42 Å². The number of anilines is 1. The third kappa shape index (κ3) is 3.12. The predicted molar refractivity (Wildman–Crippen MR) is 117 cm³/mol. The molecule has 8 heteroatoms. The molecule has 154 valence electrons. The number of para-hydroxylation sites is 1. The molecule has 3 heterocycles. The third-order valence-electron chi connectivity index (χ3n) is 5.60. The molecule has 4 aromatic rings. The molecule has 1 saturated heterocycles. The second-order valence-corrected chi connectivity index (χ2v) is 9.65. The Morgan fingerprint density at radius 3 is 2.33 bits per heavy atom. The van der Waals surface area contributed by atoms with E-state index in [4.69, 9.17) is 4.98 Å². The molecule has 0 N–H and O–H groups in total. The zero-order valence-corrected chi connectivity index (χ0v) is 17.8. The highest BCUT2D eigenvalue weighted by Gasteiger charge is 2.29. The van der Waals surface area contributed by atoms with E-state index in [1.165, 1.54) is 0 Å². The van der Waals surface area contributed by atoms with Crippen molar-refractivity contribution in [2.24, 2.45) is 0 Å². The van der Waals surface area contributed by atoms with Gasteiger partial charge in [0.1, 0.15) is 5.82 Å². The van der Waals surface area contributed by atoms with Gasteiger partial charge in [0.15, 0.2) is 5.65 Å². The zero-order valence-electron chi connectivity index (χ0n) is 17.0. The van der Waals surface area contributed by atoms with Crippen LogP contribution in [0.2, 0.25) is 0 Å². The molecular weight excluding hydrogens is 398 g/mol. The average molecular weight is 422 g/mol. The summed E-state index contributed by atoms with van der Waals surface area (Å²) in [6.45, 7) is 5.94. The molecule has 1 aliphatic heterocycles. The van der Waals surface area contributed by atoms with E-state index in [0.717, 1.165) is 33.6 Å². The van der Waals surface area contributed by atoms with Crippen LogP contribution in [0.1, 0.15) is 11.3 Å². The van der Waals surface area contributed by atoms with Crippen molar-refractivity contribution in [2.45, 2.75) is 18.7 Å². The lowest BCUT2D eigenvalue weighted by Gasteiger charge is -2.35. The van der Waals surface area contributed by atoms with Gasteiger partial charge in [0.2, 0.25) is 10.0 Å². The van der Waals surface area contributed by atoms with Crippen molar-refractivity contribution in [1.82, 2.24) is 18.9 Å². The van der Waals surface area contributed by atoms with Crippen molar-refractivity contribution in [2.75, 3.05) is 31.1 Å². The minimum Gasteiger partial charge on any atom is -0.353 e. The molecule has 30 heavy (non-hydrogen) atoms. The van der Waals surface area contributed by atoms with Gasteiger partial charge in [-0.25, -0.2) is 17.9 Å². The first-order valence-electron chi connectivity index (χ1n) is 10.0. The Kier molecular flexibility index (Phi) is 4.48. The highest BCUT2D eigenvalue weighted by Crippen LogP contribution is 2.28. The summed E-state index contributed by atoms with van der Waals surface area (Å²) >= 11 is 0. The molecule has 0 radical (unpaired) electrons. The lowest BCUT2D eigenvalue weighted by Crippen LogP contribution is -2.49. The fourth-order valence-corrected chi connectivity index (χ4v) is 5.42. The summed E-state index contributed by atoms with van der Waals surface area (Å²) in [5, 5.41) is 5.58. The van der Waals surface area contributed by atoms with Gasteiger partial charge in [-0.1, -0.05) is 29.8 Å². The minimum atomic E-state index is -3.49. The lowest BCUT2D eigenvalue weighted by molar-refractivity contribution is 0.384. The number of piperazine rings is 1. The van der Waals surface area contributed by atoms with E-state index in [0.29, 0.717) is 31.1 Å². The number of sulfonamides is 1. The van der Waals surface area contributed by atoms with Crippen molar-refractivity contribution in [1.29, 1.82) is 0 Å². The monoisotopic (exact) mass is 421 g/mol. The summed E-state index contributed by atoms with van der Waals surface area (Å²) < 4.78 is 29.5. The van der Waals surface area contributed by atoms with Crippen molar-refractivity contribution in [3.8, 4) is 0 Å². The summed E-state index contributed by atoms with van der Waals surface area (Å²) in [5.74, 6) is 0.880. The number of hydrogen-bond donors (Lipinski definition) is 0. The summed E-state index contributed by atoms with van der Waals surface area (Å²) in [6.07, 6.45) is 0. The maximum Gasteiger partial charge on any atom is 0.243 e. The smallest absolute Gasteiger partial charge is 0.243 e. The third-order valence-corrected chi connectivity index (χ3v) is 7.52. The van der Waals surface area contributed by atoms with Crippen molar-refractivity contribution in [3.63, 3.8) is 0 Å². The normalized spacial score (nSPS) is 15.9. The maximum absolute atomic E-state index is 13.0. The van der Waals surface area contributed by atoms with E-state index in [1.807, 2.05) is 60.8 Å². The number of hydrogen-bond acceptors (Lipinski definition) is 5. The topological polar surface area (TPSA) is 70.8 Å². The van der Waals surface area contributed by atoms with Crippen LogP contribution in [-0.4, -0.2) is 53.5 Å². The van der Waals surface area contributed by atoms with Crippen LogP contribution in [0.25, 0.3) is 16.6 Å². The van der Waals surface area contributed by atoms with Crippen LogP contribution in [0.4, 0.5) is 5.82 Å². The molecule has 0 aliphatic carbocycles. The van der Waals surface area contributed by atoms with Gasteiger partial charge in [-0.2, -0.15) is 9.40 Å². The fourth-order valence-electron chi connectivity index (χ4n) is 4.00. The van der Waals surface area contributed by atoms with E-state index in [9.17, 15) is 8.42 Å². The van der Waals surface area contributed by atoms with Crippen LogP contribution in [0.15, 0.2) is 59.5 Å². The Morgan fingerprint density at radius 1 is 0.900 bits per heavy atom. The summed E-state index contributed by atoms with van der Waals surface area (Å²) in [7, 11) is -3.49. The number of aryl methyl sites for hydroxylation is 2. The molecule has 0 saturated carbocycles. The Balaban J connectivity index is 1.45. The van der Waals surface area contributed by atoms with Gasteiger partial charge in [-0.15, -0.1) is 0 Å². The molecule has 0 unspecified atom stereocenters. The van der Waals surface area contributed by atoms with E-state index in [1.54, 1.807) is 16.4 Å². The van der Waals surface area contributed by atoms with Crippen LogP contribution in [0, 0.1) is 13.8 Å². The molecule has 0 amide bonds. The molecular formula is C22H23N5O2S. The van der Waals surface area contributed by atoms with Gasteiger partial charge >= 0.3 is 0 Å². The van der Waals surface area contributed by atoms with Gasteiger partial charge in [-0.05, 0) is 38.1 Å². The first-order chi connectivity index (χ1) is 14.4. The Bertz CT molecular complexity index is 1340. The summed E-state index contributed by atoms with van der Waals surface area (Å²) in [6, 6.07) is 17.1. The molecule has 0 spiro atoms. The van der Waals surface area contributed by atoms with E-state index >= 15 is 0 Å². The second kappa shape index (κ2) is 7.07. The first kappa shape index (κ1) is 19.0. The second-order valence-electron chi connectivity index (χ2n) is 7.71. The molecule has 0 bridgehead atoms. The zero-order chi connectivity index (χ0) is 20.9. The molecule has 2 aromatic carbocycles. The van der Waals surface area contributed by atoms with Gasteiger partial charge in [0.25, 0.3) is 0 Å². The maximum atomic E-state index is 13.0. The number of rotatable bonds is 3. The van der Waals surface area contributed by atoms with Gasteiger partial charge in [0, 0.05) is 37.6 Å². The molecule has 1 aliphatic rings. The predicted octanol–water partition coefficient (Wildman–Crippen LogP) is 3.01. The quantitative estimate of drug-likeness (QED) is 0.509. The average Bonchev–Trinajstić information content (AvgIpc) is 3.14. The van der Waals surface area contributed by atoms with Crippen LogP contribution in [0.5, 0.6) is 0 Å². The van der Waals surface area contributed by atoms with Gasteiger partial charge in [0.05, 0.1) is 16.1 Å². The molecule has 2 aromatic heterocycles. The van der Waals surface area contributed by atoms with Crippen molar-refractivity contribution in [3.05, 3.63) is 65.9 Å². The van der Waals surface area contributed by atoms with E-state index < -0.39 is 10.0 Å². The number of aromatic nitrogens is 3. The van der Waals surface area contributed by atoms with Crippen LogP contribution < -0.4 is 4.90 Å². The summed E-state index contributed by atoms with van der Waals surface area (Å²) in [5.41, 5.74) is 3.76. The van der Waals surface area contributed by atoms with Gasteiger partial charge < -0.3 is 4.90 Å². The number of fused-ring (bicyclic) bond motifs is 3. The first-order valence-corrected chi connectivity index (χ1v) is 11.4. The number of nitrogens with zero attached hydrogens (tertiary/aromatic N) is 5. The Labute approximate surface area is 175 Å². The largest absolute Gasteiger partial charge is 0.353 e. The van der Waals surface area contributed by atoms with E-state index in [-0.39, 0.29) is 0 Å². The van der Waals surface area contributed by atoms with Crippen LogP contribution in [-0.2, 0) is 10.0 Å². The van der Waals surface area contributed by atoms with E-state index in [2.05, 4.69) is 10.00 Å². The fraction of sp³-hybridized carbons (Fsp3) is 0.273. The number of benzene rings is 2. The minimum absolute atomic E-state index is 0.348. The standard InChI is InChI=1S/C22H23N5O2S/c1-16-7-9-18(10-8-16)30(28,29)26-13-11-25(12-14-26)22-19-5-3-4-6-20(19)27-21(23-22)15-17(2)24-27/h3-10,15H,11-14H2,1-2H3.